The number of nitriles is 1. The number of hydrogen-bond donors (Lipinski definition) is 2. The summed E-state index contributed by atoms with van der Waals surface area (Å²) in [7, 11) is 0. The smallest absolute Gasteiger partial charge is 0.244 e. The Morgan fingerprint density at radius 1 is 0.736 bits per heavy atom. The van der Waals surface area contributed by atoms with E-state index in [-0.39, 0.29) is 81.5 Å². The molecule has 2 aliphatic heterocycles. The number of fused-ring (bicyclic) bond motifs is 2. The topological polar surface area (TPSA) is 157 Å². The Hall–Kier alpha value is -3.73. The number of Topliss-reactive ketones (excluding diaryl/α,β-unsaturated/α-hetero) is 2. The van der Waals surface area contributed by atoms with Crippen LogP contribution in [-0.2, 0) is 28.8 Å². The minimum atomic E-state index is -0.675. The van der Waals surface area contributed by atoms with Gasteiger partial charge in [-0.3, -0.25) is 28.8 Å². The largest absolute Gasteiger partial charge is 0.341 e. The van der Waals surface area contributed by atoms with Gasteiger partial charge in [-0.2, -0.15) is 5.26 Å². The Labute approximate surface area is 316 Å². The monoisotopic (exact) mass is 731 g/mol. The number of nitrogens with one attached hydrogen (secondary N) is 2. The standard InChI is InChI=1S/C22H32N2O3.C20H29N3O3/c1-6-15(11-14-9-7-8-10-17(14)25)23-20(26)19-18-16(22(18,4)5)12-24(19)21(27)13(2)3;1-11(2)19(26)23-10-14-16(20(14,3)4)17(23)18(25)22-13(9-21)8-12-6-5-7-15(12)24/h1,13-16,18-19H,7-12H2,2-5H3,(H,23,26);11-14,16-17H,5-8,10H2,1-4H3,(H,22,25). The summed E-state index contributed by atoms with van der Waals surface area (Å²) >= 11 is 0. The molecule has 2 heterocycles. The summed E-state index contributed by atoms with van der Waals surface area (Å²) < 4.78 is 0. The highest BCUT2D eigenvalue weighted by molar-refractivity contribution is 5.92. The zero-order valence-corrected chi connectivity index (χ0v) is 33.1. The molecule has 2 N–H and O–H groups in total. The first-order valence-electron chi connectivity index (χ1n) is 20.0. The zero-order chi connectivity index (χ0) is 39.2. The lowest BCUT2D eigenvalue weighted by Gasteiger charge is -2.32. The molecule has 11 heteroatoms. The molecule has 4 aliphatic carbocycles. The Bertz CT molecular complexity index is 1570. The number of carbonyl (C=O) groups excluding carboxylic acids is 6. The molecule has 4 amide bonds. The molecule has 290 valence electrons. The van der Waals surface area contributed by atoms with Crippen LogP contribution in [0.15, 0.2) is 0 Å². The highest BCUT2D eigenvalue weighted by Gasteiger charge is 2.70. The normalized spacial score (nSPS) is 32.8. The van der Waals surface area contributed by atoms with Gasteiger partial charge in [-0.05, 0) is 73.0 Å². The molecule has 4 saturated carbocycles. The molecule has 6 rings (SSSR count). The van der Waals surface area contributed by atoms with Gasteiger partial charge >= 0.3 is 0 Å². The lowest BCUT2D eigenvalue weighted by Crippen LogP contribution is -2.53. The van der Waals surface area contributed by atoms with E-state index in [0.717, 1.165) is 32.1 Å². The van der Waals surface area contributed by atoms with E-state index in [4.69, 9.17) is 6.42 Å². The molecule has 2 saturated heterocycles. The summed E-state index contributed by atoms with van der Waals surface area (Å²) in [4.78, 5) is 78.7. The molecule has 6 fully saturated rings. The molecular formula is C42H61N5O6. The van der Waals surface area contributed by atoms with E-state index in [2.05, 4.69) is 50.3 Å². The van der Waals surface area contributed by atoms with Crippen LogP contribution in [0.25, 0.3) is 0 Å². The summed E-state index contributed by atoms with van der Waals surface area (Å²) in [6.07, 6.45) is 12.3. The van der Waals surface area contributed by atoms with Crippen LogP contribution in [0, 0.1) is 81.8 Å². The minimum absolute atomic E-state index is 0.00683. The van der Waals surface area contributed by atoms with Crippen LogP contribution in [0.2, 0.25) is 0 Å². The van der Waals surface area contributed by atoms with Crippen molar-refractivity contribution in [2.45, 2.75) is 137 Å². The van der Waals surface area contributed by atoms with Crippen LogP contribution < -0.4 is 10.6 Å². The van der Waals surface area contributed by atoms with Crippen LogP contribution in [-0.4, -0.2) is 82.3 Å². The maximum Gasteiger partial charge on any atom is 0.244 e. The van der Waals surface area contributed by atoms with Crippen molar-refractivity contribution >= 4 is 35.2 Å². The highest BCUT2D eigenvalue weighted by Crippen LogP contribution is 2.66. The lowest BCUT2D eigenvalue weighted by atomic mass is 9.83. The number of rotatable bonds is 10. The summed E-state index contributed by atoms with van der Waals surface area (Å²) in [5.74, 6) is 3.32. The lowest BCUT2D eigenvalue weighted by molar-refractivity contribution is -0.143. The SMILES string of the molecule is C#CC(CC1CCCCC1=O)NC(=O)C1C2C(CN1C(=O)C(C)C)C2(C)C.CC(C)C(=O)N1CC2C(C1C(=O)NC(C#N)CC1CCCC1=O)C2(C)C. The number of hydrogen-bond acceptors (Lipinski definition) is 7. The summed E-state index contributed by atoms with van der Waals surface area (Å²) in [5, 5.41) is 15.3. The second-order valence-electron chi connectivity index (χ2n) is 18.4. The van der Waals surface area contributed by atoms with Gasteiger partial charge in [0.1, 0.15) is 29.7 Å². The van der Waals surface area contributed by atoms with Crippen molar-refractivity contribution in [2.75, 3.05) is 13.1 Å². The van der Waals surface area contributed by atoms with Crippen LogP contribution in [0.4, 0.5) is 0 Å². The van der Waals surface area contributed by atoms with Crippen LogP contribution in [0.5, 0.6) is 0 Å². The molecule has 10 atom stereocenters. The number of carbonyl (C=O) groups is 6. The van der Waals surface area contributed by atoms with Crippen molar-refractivity contribution in [3.05, 3.63) is 0 Å². The second kappa shape index (κ2) is 15.6. The van der Waals surface area contributed by atoms with Gasteiger partial charge in [-0.1, -0.05) is 67.7 Å². The third-order valence-corrected chi connectivity index (χ3v) is 13.7. The predicted molar refractivity (Wildman–Crippen MR) is 199 cm³/mol. The first-order chi connectivity index (χ1) is 24.9. The summed E-state index contributed by atoms with van der Waals surface area (Å²) in [6, 6.07) is 0.0543. The molecule has 0 spiro atoms. The van der Waals surface area contributed by atoms with Gasteiger partial charge in [0.15, 0.2) is 0 Å². The Morgan fingerprint density at radius 3 is 1.55 bits per heavy atom. The molecule has 53 heavy (non-hydrogen) atoms. The molecule has 0 radical (unpaired) electrons. The molecular weight excluding hydrogens is 670 g/mol. The number of nitrogens with zero attached hydrogens (tertiary/aromatic N) is 3. The average Bonchev–Trinajstić information content (AvgIpc) is 3.54. The van der Waals surface area contributed by atoms with Crippen molar-refractivity contribution in [2.24, 2.45) is 58.2 Å². The molecule has 11 nitrogen and oxygen atoms in total. The third-order valence-electron chi connectivity index (χ3n) is 13.7. The van der Waals surface area contributed by atoms with E-state index in [1.165, 1.54) is 0 Å². The predicted octanol–water partition coefficient (Wildman–Crippen LogP) is 4.29. The number of amides is 4. The van der Waals surface area contributed by atoms with Gasteiger partial charge in [0, 0.05) is 49.6 Å². The van der Waals surface area contributed by atoms with Gasteiger partial charge in [0.05, 0.1) is 12.1 Å². The molecule has 10 unspecified atom stereocenters. The summed E-state index contributed by atoms with van der Waals surface area (Å²) in [5.41, 5.74) is 0.139. The van der Waals surface area contributed by atoms with Crippen LogP contribution >= 0.6 is 0 Å². The Balaban J connectivity index is 0.000000204. The maximum absolute atomic E-state index is 13.1. The van der Waals surface area contributed by atoms with Gasteiger partial charge < -0.3 is 20.4 Å². The number of piperidine rings is 2. The summed E-state index contributed by atoms with van der Waals surface area (Å²) in [6.45, 7) is 17.3. The van der Waals surface area contributed by atoms with Crippen molar-refractivity contribution in [3.8, 4) is 18.4 Å². The minimum Gasteiger partial charge on any atom is -0.341 e. The molecule has 0 aromatic rings. The van der Waals surface area contributed by atoms with E-state index in [0.29, 0.717) is 50.6 Å². The molecule has 0 bridgehead atoms. The Morgan fingerprint density at radius 2 is 1.15 bits per heavy atom. The first-order valence-corrected chi connectivity index (χ1v) is 20.0. The van der Waals surface area contributed by atoms with E-state index in [1.807, 2.05) is 27.7 Å². The molecule has 6 aliphatic rings. The van der Waals surface area contributed by atoms with Crippen molar-refractivity contribution in [1.82, 2.24) is 20.4 Å². The first kappa shape index (κ1) is 40.5. The van der Waals surface area contributed by atoms with E-state index < -0.39 is 24.2 Å². The van der Waals surface area contributed by atoms with E-state index in [1.54, 1.807) is 9.80 Å². The average molecular weight is 732 g/mol. The zero-order valence-electron chi connectivity index (χ0n) is 33.1. The third kappa shape index (κ3) is 8.05. The number of terminal acetylenes is 1. The molecule has 0 aromatic heterocycles. The molecule has 0 aromatic carbocycles. The van der Waals surface area contributed by atoms with Crippen molar-refractivity contribution in [1.29, 1.82) is 5.26 Å². The maximum atomic E-state index is 13.1. The quantitative estimate of drug-likeness (QED) is 0.318. The van der Waals surface area contributed by atoms with Gasteiger partial charge in [-0.15, -0.1) is 6.42 Å². The highest BCUT2D eigenvalue weighted by atomic mass is 16.2. The van der Waals surface area contributed by atoms with Crippen LogP contribution in [0.3, 0.4) is 0 Å². The fourth-order valence-corrected chi connectivity index (χ4v) is 10.1. The van der Waals surface area contributed by atoms with Gasteiger partial charge in [0.2, 0.25) is 23.6 Å². The fourth-order valence-electron chi connectivity index (χ4n) is 10.1. The van der Waals surface area contributed by atoms with E-state index in [9.17, 15) is 34.0 Å². The fraction of sp³-hybridized carbons (Fsp3) is 0.786. The van der Waals surface area contributed by atoms with Crippen LogP contribution in [0.1, 0.15) is 113 Å². The van der Waals surface area contributed by atoms with Crippen molar-refractivity contribution in [3.63, 3.8) is 0 Å². The number of ketones is 2. The van der Waals surface area contributed by atoms with E-state index >= 15 is 0 Å². The van der Waals surface area contributed by atoms with Crippen molar-refractivity contribution < 1.29 is 28.8 Å². The number of likely N-dealkylation sites (tertiary alicyclic amines) is 2. The Kier molecular flexibility index (Phi) is 11.9. The second-order valence-corrected chi connectivity index (χ2v) is 18.4. The van der Waals surface area contributed by atoms with Gasteiger partial charge in [-0.25, -0.2) is 0 Å². The van der Waals surface area contributed by atoms with Gasteiger partial charge in [0.25, 0.3) is 0 Å².